The fourth-order valence-corrected chi connectivity index (χ4v) is 2.22. The van der Waals surface area contributed by atoms with E-state index in [1.54, 1.807) is 0 Å². The van der Waals surface area contributed by atoms with Crippen molar-refractivity contribution >= 4 is 11.6 Å². The highest BCUT2D eigenvalue weighted by molar-refractivity contribution is 6.31. The molecule has 2 rings (SSSR count). The summed E-state index contributed by atoms with van der Waals surface area (Å²) in [5.41, 5.74) is 1.98. The molecule has 1 aromatic carbocycles. The molecule has 114 valence electrons. The van der Waals surface area contributed by atoms with Gasteiger partial charge in [-0.25, -0.2) is 0 Å². The highest BCUT2D eigenvalue weighted by Crippen LogP contribution is 2.23. The van der Waals surface area contributed by atoms with Crippen molar-refractivity contribution in [3.05, 3.63) is 46.3 Å². The lowest BCUT2D eigenvalue weighted by atomic mass is 10.1. The molecule has 5 heteroatoms. The van der Waals surface area contributed by atoms with Crippen LogP contribution in [-0.2, 0) is 19.6 Å². The molecule has 0 aliphatic rings. The summed E-state index contributed by atoms with van der Waals surface area (Å²) >= 11 is 6.09. The van der Waals surface area contributed by atoms with Crippen molar-refractivity contribution in [1.82, 2.24) is 10.5 Å². The quantitative estimate of drug-likeness (QED) is 0.750. The van der Waals surface area contributed by atoms with Crippen LogP contribution in [0.15, 0.2) is 28.8 Å². The van der Waals surface area contributed by atoms with Gasteiger partial charge in [0.2, 0.25) is 0 Å². The summed E-state index contributed by atoms with van der Waals surface area (Å²) in [6, 6.07) is 7.60. The SMILES string of the molecule is CCCNCc1cc(COc2ccc(Cl)c(CC)c2)on1. The molecule has 1 heterocycles. The number of nitrogens with zero attached hydrogens (tertiary/aromatic N) is 1. The molecule has 0 aliphatic carbocycles. The van der Waals surface area contributed by atoms with Crippen molar-refractivity contribution in [2.75, 3.05) is 6.54 Å². The molecule has 0 aliphatic heterocycles. The van der Waals surface area contributed by atoms with E-state index >= 15 is 0 Å². The molecule has 0 spiro atoms. The van der Waals surface area contributed by atoms with Crippen LogP contribution in [0.4, 0.5) is 0 Å². The Morgan fingerprint density at radius 3 is 2.90 bits per heavy atom. The van der Waals surface area contributed by atoms with E-state index in [9.17, 15) is 0 Å². The molecule has 4 nitrogen and oxygen atoms in total. The molecule has 21 heavy (non-hydrogen) atoms. The Morgan fingerprint density at radius 2 is 2.14 bits per heavy atom. The van der Waals surface area contributed by atoms with Crippen LogP contribution in [0.5, 0.6) is 5.75 Å². The first-order chi connectivity index (χ1) is 10.2. The van der Waals surface area contributed by atoms with Crippen LogP contribution in [0.2, 0.25) is 5.02 Å². The van der Waals surface area contributed by atoms with E-state index in [0.29, 0.717) is 6.61 Å². The summed E-state index contributed by atoms with van der Waals surface area (Å²) in [4.78, 5) is 0. The van der Waals surface area contributed by atoms with Gasteiger partial charge in [-0.1, -0.05) is 30.6 Å². The van der Waals surface area contributed by atoms with Gasteiger partial charge in [0.15, 0.2) is 5.76 Å². The van der Waals surface area contributed by atoms with Gasteiger partial charge in [0.25, 0.3) is 0 Å². The second-order valence-corrected chi connectivity index (χ2v) is 5.26. The first-order valence-corrected chi connectivity index (χ1v) is 7.67. The second-order valence-electron chi connectivity index (χ2n) is 4.86. The first-order valence-electron chi connectivity index (χ1n) is 7.29. The van der Waals surface area contributed by atoms with E-state index < -0.39 is 0 Å². The molecular weight excluding hydrogens is 288 g/mol. The lowest BCUT2D eigenvalue weighted by Crippen LogP contribution is -2.13. The Hall–Kier alpha value is -1.52. The zero-order valence-electron chi connectivity index (χ0n) is 12.5. The van der Waals surface area contributed by atoms with Gasteiger partial charge in [-0.3, -0.25) is 0 Å². The number of hydrogen-bond donors (Lipinski definition) is 1. The van der Waals surface area contributed by atoms with E-state index in [-0.39, 0.29) is 0 Å². The van der Waals surface area contributed by atoms with Gasteiger partial charge in [0.1, 0.15) is 12.4 Å². The minimum Gasteiger partial charge on any atom is -0.486 e. The van der Waals surface area contributed by atoms with E-state index in [0.717, 1.165) is 53.7 Å². The first kappa shape index (κ1) is 15.9. The van der Waals surface area contributed by atoms with E-state index in [1.807, 2.05) is 24.3 Å². The maximum Gasteiger partial charge on any atom is 0.174 e. The predicted octanol–water partition coefficient (Wildman–Crippen LogP) is 3.97. The lowest BCUT2D eigenvalue weighted by molar-refractivity contribution is 0.248. The molecule has 0 fully saturated rings. The number of aryl methyl sites for hydroxylation is 1. The Balaban J connectivity index is 1.88. The molecule has 1 aromatic heterocycles. The second kappa shape index (κ2) is 8.05. The Kier molecular flexibility index (Phi) is 6.08. The number of rotatable bonds is 8. The van der Waals surface area contributed by atoms with Gasteiger partial charge in [-0.05, 0) is 43.1 Å². The van der Waals surface area contributed by atoms with Crippen molar-refractivity contribution < 1.29 is 9.26 Å². The fourth-order valence-electron chi connectivity index (χ4n) is 1.97. The molecule has 2 aromatic rings. The topological polar surface area (TPSA) is 47.3 Å². The number of ether oxygens (including phenoxy) is 1. The monoisotopic (exact) mass is 308 g/mol. The largest absolute Gasteiger partial charge is 0.486 e. The van der Waals surface area contributed by atoms with Crippen LogP contribution in [-0.4, -0.2) is 11.7 Å². The molecule has 1 N–H and O–H groups in total. The smallest absolute Gasteiger partial charge is 0.174 e. The number of aromatic nitrogens is 1. The number of nitrogens with one attached hydrogen (secondary N) is 1. The molecule has 0 saturated heterocycles. The van der Waals surface area contributed by atoms with Crippen LogP contribution in [0.1, 0.15) is 37.3 Å². The number of hydrogen-bond acceptors (Lipinski definition) is 4. The summed E-state index contributed by atoms with van der Waals surface area (Å²) in [6.45, 7) is 6.26. The van der Waals surface area contributed by atoms with Gasteiger partial charge in [-0.15, -0.1) is 0 Å². The summed E-state index contributed by atoms with van der Waals surface area (Å²) < 4.78 is 11.0. The van der Waals surface area contributed by atoms with Gasteiger partial charge >= 0.3 is 0 Å². The van der Waals surface area contributed by atoms with Crippen molar-refractivity contribution in [3.8, 4) is 5.75 Å². The van der Waals surface area contributed by atoms with Crippen LogP contribution in [0.3, 0.4) is 0 Å². The van der Waals surface area contributed by atoms with Crippen molar-refractivity contribution in [3.63, 3.8) is 0 Å². The maximum atomic E-state index is 6.09. The maximum absolute atomic E-state index is 6.09. The van der Waals surface area contributed by atoms with Crippen LogP contribution >= 0.6 is 11.6 Å². The van der Waals surface area contributed by atoms with Gasteiger partial charge in [0, 0.05) is 17.6 Å². The summed E-state index contributed by atoms with van der Waals surface area (Å²) in [6.07, 6.45) is 1.98. The highest BCUT2D eigenvalue weighted by atomic mass is 35.5. The van der Waals surface area contributed by atoms with E-state index in [4.69, 9.17) is 20.9 Å². The van der Waals surface area contributed by atoms with E-state index in [1.165, 1.54) is 0 Å². The third-order valence-electron chi connectivity index (χ3n) is 3.12. The Labute approximate surface area is 130 Å². The average Bonchev–Trinajstić information content (AvgIpc) is 2.94. The number of benzene rings is 1. The number of halogens is 1. The molecule has 0 bridgehead atoms. The van der Waals surface area contributed by atoms with Crippen molar-refractivity contribution in [2.24, 2.45) is 0 Å². The van der Waals surface area contributed by atoms with Crippen molar-refractivity contribution in [1.29, 1.82) is 0 Å². The summed E-state index contributed by atoms with van der Waals surface area (Å²) in [7, 11) is 0. The average molecular weight is 309 g/mol. The normalized spacial score (nSPS) is 10.8. The van der Waals surface area contributed by atoms with Gasteiger partial charge in [0.05, 0.1) is 5.69 Å². The summed E-state index contributed by atoms with van der Waals surface area (Å²) in [5.74, 6) is 1.51. The molecule has 0 saturated carbocycles. The Morgan fingerprint density at radius 1 is 1.29 bits per heavy atom. The van der Waals surface area contributed by atoms with Crippen LogP contribution in [0, 0.1) is 0 Å². The molecule has 0 radical (unpaired) electrons. The van der Waals surface area contributed by atoms with E-state index in [2.05, 4.69) is 24.3 Å². The standard InChI is InChI=1S/C16H21ClN2O2/c1-3-7-18-10-13-9-15(21-19-13)11-20-14-5-6-16(17)12(4-2)8-14/h5-6,8-9,18H,3-4,7,10-11H2,1-2H3. The minimum atomic E-state index is 0.367. The van der Waals surface area contributed by atoms with Gasteiger partial charge < -0.3 is 14.6 Å². The van der Waals surface area contributed by atoms with Crippen LogP contribution < -0.4 is 10.1 Å². The van der Waals surface area contributed by atoms with Gasteiger partial charge in [-0.2, -0.15) is 0 Å². The molecule has 0 atom stereocenters. The third-order valence-corrected chi connectivity index (χ3v) is 3.49. The summed E-state index contributed by atoms with van der Waals surface area (Å²) in [5, 5.41) is 8.06. The Bertz CT molecular complexity index is 569. The zero-order valence-corrected chi connectivity index (χ0v) is 13.2. The zero-order chi connectivity index (χ0) is 15.1. The lowest BCUT2D eigenvalue weighted by Gasteiger charge is -2.06. The molecular formula is C16H21ClN2O2. The highest BCUT2D eigenvalue weighted by Gasteiger charge is 2.06. The predicted molar refractivity (Wildman–Crippen MR) is 83.7 cm³/mol. The van der Waals surface area contributed by atoms with Crippen molar-refractivity contribution in [2.45, 2.75) is 39.8 Å². The molecule has 0 amide bonds. The fraction of sp³-hybridized carbons (Fsp3) is 0.438. The molecule has 0 unspecified atom stereocenters. The third kappa shape index (κ3) is 4.76. The minimum absolute atomic E-state index is 0.367. The van der Waals surface area contributed by atoms with Crippen LogP contribution in [0.25, 0.3) is 0 Å².